The van der Waals surface area contributed by atoms with Crippen molar-refractivity contribution in [2.75, 3.05) is 62.7 Å². The molecule has 3 heterocycles. The van der Waals surface area contributed by atoms with Crippen LogP contribution >= 0.6 is 35.0 Å². The summed E-state index contributed by atoms with van der Waals surface area (Å²) in [6.45, 7) is 9.22. The van der Waals surface area contributed by atoms with Crippen LogP contribution in [0.1, 0.15) is 51.5 Å². The molecule has 0 spiro atoms. The molecule has 0 unspecified atom stereocenters. The van der Waals surface area contributed by atoms with Crippen LogP contribution in [0.2, 0.25) is 10.0 Å². The minimum atomic E-state index is 0.0285. The number of carbonyl (C=O) groups is 1. The van der Waals surface area contributed by atoms with Crippen molar-refractivity contribution in [3.63, 3.8) is 0 Å². The number of anilines is 2. The van der Waals surface area contributed by atoms with Crippen LogP contribution in [0, 0.1) is 13.8 Å². The fraction of sp³-hybridized carbons (Fsp3) is 0.452. The third-order valence-corrected chi connectivity index (χ3v) is 9.87. The van der Waals surface area contributed by atoms with Crippen LogP contribution in [0.15, 0.2) is 41.3 Å². The van der Waals surface area contributed by atoms with Gasteiger partial charge in [-0.05, 0) is 75.2 Å². The molecule has 1 saturated heterocycles. The van der Waals surface area contributed by atoms with Crippen LogP contribution in [0.5, 0.6) is 0 Å². The number of nitrogen functional groups attached to an aromatic ring is 1. The molecule has 2 N–H and O–H groups in total. The molecule has 0 bridgehead atoms. The number of rotatable bonds is 8. The second-order valence-corrected chi connectivity index (χ2v) is 13.1. The summed E-state index contributed by atoms with van der Waals surface area (Å²) in [6.07, 6.45) is 3.00. The Morgan fingerprint density at radius 2 is 1.78 bits per heavy atom. The maximum atomic E-state index is 13.4. The quantitative estimate of drug-likeness (QED) is 0.330. The van der Waals surface area contributed by atoms with Crippen molar-refractivity contribution >= 4 is 52.6 Å². The number of carbonyl (C=O) groups excluding carboxylic acids is 1. The van der Waals surface area contributed by atoms with Crippen molar-refractivity contribution in [2.24, 2.45) is 0 Å². The first kappa shape index (κ1) is 30.0. The zero-order valence-electron chi connectivity index (χ0n) is 24.0. The summed E-state index contributed by atoms with van der Waals surface area (Å²) in [7, 11) is 1.88. The highest BCUT2D eigenvalue weighted by Gasteiger charge is 2.26. The van der Waals surface area contributed by atoms with Crippen LogP contribution in [0.25, 0.3) is 0 Å². The van der Waals surface area contributed by atoms with Crippen molar-refractivity contribution < 1.29 is 4.79 Å². The fourth-order valence-electron chi connectivity index (χ4n) is 5.83. The number of benzene rings is 2. The van der Waals surface area contributed by atoms with Gasteiger partial charge in [-0.15, -0.1) is 11.8 Å². The zero-order valence-corrected chi connectivity index (χ0v) is 26.3. The van der Waals surface area contributed by atoms with E-state index in [1.807, 2.05) is 67.9 Å². The number of nitrogens with two attached hydrogens (primary N) is 1. The molecular weight excluding hydrogens is 575 g/mol. The number of hydrogen-bond acceptors (Lipinski definition) is 7. The van der Waals surface area contributed by atoms with Gasteiger partial charge in [0, 0.05) is 51.3 Å². The highest BCUT2D eigenvalue weighted by molar-refractivity contribution is 7.99. The van der Waals surface area contributed by atoms with Crippen molar-refractivity contribution in [3.05, 3.63) is 74.4 Å². The van der Waals surface area contributed by atoms with Gasteiger partial charge in [0.25, 0.3) is 5.91 Å². The number of halogens is 2. The van der Waals surface area contributed by atoms with Gasteiger partial charge in [-0.3, -0.25) is 9.69 Å². The van der Waals surface area contributed by atoms with E-state index in [2.05, 4.69) is 25.8 Å². The van der Waals surface area contributed by atoms with Gasteiger partial charge in [-0.2, -0.15) is 4.98 Å². The third kappa shape index (κ3) is 7.28. The highest BCUT2D eigenvalue weighted by atomic mass is 35.5. The molecule has 0 saturated carbocycles. The average molecular weight is 614 g/mol. The molecule has 41 heavy (non-hydrogen) atoms. The maximum absolute atomic E-state index is 13.4. The summed E-state index contributed by atoms with van der Waals surface area (Å²) in [6, 6.07) is 11.8. The van der Waals surface area contributed by atoms with Gasteiger partial charge in [0.15, 0.2) is 0 Å². The van der Waals surface area contributed by atoms with Crippen LogP contribution < -0.4 is 10.6 Å². The molecule has 1 amide bonds. The Labute approximate surface area is 257 Å². The summed E-state index contributed by atoms with van der Waals surface area (Å²) in [4.78, 5) is 30.4. The van der Waals surface area contributed by atoms with Crippen LogP contribution in [-0.4, -0.2) is 77.7 Å². The molecule has 3 aromatic rings. The van der Waals surface area contributed by atoms with E-state index in [1.54, 1.807) is 0 Å². The lowest BCUT2D eigenvalue weighted by molar-refractivity contribution is 0.0782. The van der Waals surface area contributed by atoms with Gasteiger partial charge in [0.1, 0.15) is 5.82 Å². The van der Waals surface area contributed by atoms with Crippen LogP contribution in [-0.2, 0) is 6.42 Å². The van der Waals surface area contributed by atoms with Gasteiger partial charge < -0.3 is 15.5 Å². The number of fused-ring (bicyclic) bond motifs is 1. The lowest BCUT2D eigenvalue weighted by Gasteiger charge is -2.37. The molecule has 2 aliphatic rings. The Bertz CT molecular complexity index is 1390. The molecule has 0 radical (unpaired) electrons. The van der Waals surface area contributed by atoms with Crippen molar-refractivity contribution in [1.29, 1.82) is 0 Å². The summed E-state index contributed by atoms with van der Waals surface area (Å²) >= 11 is 14.5. The Hall–Kier alpha value is -2.52. The first-order valence-corrected chi connectivity index (χ1v) is 16.0. The smallest absolute Gasteiger partial charge is 0.253 e. The van der Waals surface area contributed by atoms with Crippen molar-refractivity contribution in [2.45, 2.75) is 43.9 Å². The van der Waals surface area contributed by atoms with E-state index in [1.165, 1.54) is 4.90 Å². The van der Waals surface area contributed by atoms with E-state index in [9.17, 15) is 4.79 Å². The van der Waals surface area contributed by atoms with E-state index in [-0.39, 0.29) is 11.8 Å². The largest absolute Gasteiger partial charge is 0.368 e. The van der Waals surface area contributed by atoms with E-state index in [0.29, 0.717) is 22.5 Å². The normalized spacial score (nSPS) is 16.4. The number of amides is 1. The first-order valence-electron chi connectivity index (χ1n) is 14.2. The van der Waals surface area contributed by atoms with E-state index < -0.39 is 0 Å². The second kappa shape index (κ2) is 13.2. The molecule has 5 rings (SSSR count). The molecule has 1 aromatic heterocycles. The van der Waals surface area contributed by atoms with Crippen molar-refractivity contribution in [1.82, 2.24) is 19.8 Å². The average Bonchev–Trinajstić information content (AvgIpc) is 2.95. The lowest BCUT2D eigenvalue weighted by Crippen LogP contribution is -2.47. The maximum Gasteiger partial charge on any atom is 0.253 e. The SMILES string of the molecule is Cc1cc(C)cc(C(=O)N(C)C[C@@H](CCN2CCN(c3nc(N)nc4c3SCCC4)CC2)c2ccc(Cl)c(Cl)c2)c1. The monoisotopic (exact) mass is 612 g/mol. The third-order valence-electron chi connectivity index (χ3n) is 7.93. The number of likely N-dealkylation sites (N-methyl/N-ethyl adjacent to an activating group) is 1. The second-order valence-electron chi connectivity index (χ2n) is 11.2. The van der Waals surface area contributed by atoms with Gasteiger partial charge in [-0.1, -0.05) is 46.5 Å². The number of thioether (sulfide) groups is 1. The molecule has 10 heteroatoms. The van der Waals surface area contributed by atoms with Gasteiger partial charge in [0.05, 0.1) is 20.6 Å². The molecule has 2 aliphatic heterocycles. The minimum Gasteiger partial charge on any atom is -0.368 e. The Kier molecular flexibility index (Phi) is 9.64. The number of hydrogen-bond donors (Lipinski definition) is 1. The number of piperazine rings is 1. The molecule has 218 valence electrons. The molecule has 2 aromatic carbocycles. The number of aromatic nitrogens is 2. The van der Waals surface area contributed by atoms with E-state index in [0.717, 1.165) is 91.5 Å². The standard InChI is InChI=1S/C31H38Cl2N6OS/c1-20-15-21(2)17-24(16-20)30(40)37(3)19-23(22-6-7-25(32)26(33)18-22)8-9-38-10-12-39(13-11-38)29-28-27(5-4-14-41-28)35-31(34)36-29/h6-7,15-18,23H,4-5,8-14,19H2,1-3H3,(H2,34,35,36)/t23-/m1/s1. The van der Waals surface area contributed by atoms with Gasteiger partial charge in [-0.25, -0.2) is 4.98 Å². The predicted molar refractivity (Wildman–Crippen MR) is 171 cm³/mol. The first-order chi connectivity index (χ1) is 19.7. The Balaban J connectivity index is 1.25. The predicted octanol–water partition coefficient (Wildman–Crippen LogP) is 6.09. The molecule has 0 aliphatic carbocycles. The summed E-state index contributed by atoms with van der Waals surface area (Å²) in [5.74, 6) is 2.61. The summed E-state index contributed by atoms with van der Waals surface area (Å²) < 4.78 is 0. The minimum absolute atomic E-state index is 0.0285. The number of aryl methyl sites for hydroxylation is 3. The number of nitrogens with zero attached hydrogens (tertiary/aromatic N) is 5. The summed E-state index contributed by atoms with van der Waals surface area (Å²) in [5, 5.41) is 1.08. The molecule has 1 atom stereocenters. The Morgan fingerprint density at radius 1 is 1.05 bits per heavy atom. The van der Waals surface area contributed by atoms with E-state index >= 15 is 0 Å². The molecule has 1 fully saturated rings. The highest BCUT2D eigenvalue weighted by Crippen LogP contribution is 2.37. The van der Waals surface area contributed by atoms with Crippen molar-refractivity contribution in [3.8, 4) is 0 Å². The molecular formula is C31H38Cl2N6OS. The van der Waals surface area contributed by atoms with Crippen LogP contribution in [0.3, 0.4) is 0 Å². The zero-order chi connectivity index (χ0) is 29.1. The summed E-state index contributed by atoms with van der Waals surface area (Å²) in [5.41, 5.74) is 11.2. The van der Waals surface area contributed by atoms with Gasteiger partial charge >= 0.3 is 0 Å². The fourth-order valence-corrected chi connectivity index (χ4v) is 7.25. The topological polar surface area (TPSA) is 78.6 Å². The molecule has 7 nitrogen and oxygen atoms in total. The van der Waals surface area contributed by atoms with Gasteiger partial charge in [0.2, 0.25) is 5.95 Å². The lowest BCUT2D eigenvalue weighted by atomic mass is 9.94. The van der Waals surface area contributed by atoms with Crippen LogP contribution in [0.4, 0.5) is 11.8 Å². The van der Waals surface area contributed by atoms with E-state index in [4.69, 9.17) is 28.9 Å². The Morgan fingerprint density at radius 3 is 2.49 bits per heavy atom.